The van der Waals surface area contributed by atoms with Crippen molar-refractivity contribution >= 4 is 23.3 Å². The summed E-state index contributed by atoms with van der Waals surface area (Å²) >= 11 is 1.57. The van der Waals surface area contributed by atoms with Gasteiger partial charge in [-0.1, -0.05) is 41.5 Å². The molecular weight excluding hydrogens is 328 g/mol. The molecule has 4 aliphatic carbocycles. The topological polar surface area (TPSA) is 34.1 Å². The van der Waals surface area contributed by atoms with E-state index in [4.69, 9.17) is 0 Å². The van der Waals surface area contributed by atoms with Crippen LogP contribution in [0.3, 0.4) is 0 Å². The zero-order valence-electron chi connectivity index (χ0n) is 16.4. The second kappa shape index (κ2) is 4.91. The van der Waals surface area contributed by atoms with E-state index >= 15 is 0 Å². The zero-order chi connectivity index (χ0) is 18.4. The Labute approximate surface area is 155 Å². The standard InChI is InChI=1S/C22H30O2S/c1-19(2)15-7-9-21(19,5)17(23)13(15)11-25-12-14-16-8-10-22(6,18(14)24)20(16,3)4/h11-12,15-16H,7-10H2,1-6H3. The van der Waals surface area contributed by atoms with Gasteiger partial charge < -0.3 is 0 Å². The van der Waals surface area contributed by atoms with Gasteiger partial charge in [-0.25, -0.2) is 0 Å². The van der Waals surface area contributed by atoms with E-state index in [1.165, 1.54) is 0 Å². The molecule has 0 spiro atoms. The first-order valence-corrected chi connectivity index (χ1v) is 10.6. The number of thioether (sulfide) groups is 1. The van der Waals surface area contributed by atoms with Gasteiger partial charge >= 0.3 is 0 Å². The predicted octanol–water partition coefficient (Wildman–Crippen LogP) is 5.54. The Morgan fingerprint density at radius 3 is 1.40 bits per heavy atom. The number of allylic oxidation sites excluding steroid dienone is 2. The van der Waals surface area contributed by atoms with Crippen LogP contribution in [0.4, 0.5) is 0 Å². The summed E-state index contributed by atoms with van der Waals surface area (Å²) in [6.45, 7) is 13.3. The van der Waals surface area contributed by atoms with Crippen molar-refractivity contribution in [2.45, 2.75) is 67.2 Å². The van der Waals surface area contributed by atoms with Crippen molar-refractivity contribution in [2.24, 2.45) is 33.5 Å². The third-order valence-electron chi connectivity index (χ3n) is 9.12. The molecule has 2 nitrogen and oxygen atoms in total. The number of carbonyl (C=O) groups is 2. The molecule has 4 rings (SSSR count). The van der Waals surface area contributed by atoms with E-state index in [0.29, 0.717) is 23.4 Å². The molecule has 4 aliphatic rings. The normalized spacial score (nSPS) is 46.8. The SMILES string of the molecule is CC12CCC(C(=CSC=C3C(=O)C4(C)CCC3C4(C)C)C1=O)C2(C)C. The lowest BCUT2D eigenvalue weighted by atomic mass is 9.70. The maximum atomic E-state index is 12.9. The maximum Gasteiger partial charge on any atom is 0.166 e. The van der Waals surface area contributed by atoms with Gasteiger partial charge in [-0.05, 0) is 59.2 Å². The molecule has 3 heteroatoms. The molecule has 0 N–H and O–H groups in total. The maximum absolute atomic E-state index is 12.9. The highest BCUT2D eigenvalue weighted by Crippen LogP contribution is 2.67. The predicted molar refractivity (Wildman–Crippen MR) is 103 cm³/mol. The van der Waals surface area contributed by atoms with Crippen molar-refractivity contribution in [2.75, 3.05) is 0 Å². The highest BCUT2D eigenvalue weighted by molar-refractivity contribution is 8.05. The fraction of sp³-hybridized carbons (Fsp3) is 0.727. The van der Waals surface area contributed by atoms with Gasteiger partial charge in [0.15, 0.2) is 11.6 Å². The summed E-state index contributed by atoms with van der Waals surface area (Å²) in [7, 11) is 0. The average molecular weight is 359 g/mol. The second-order valence-corrected chi connectivity index (χ2v) is 11.0. The summed E-state index contributed by atoms with van der Waals surface area (Å²) in [5.41, 5.74) is 1.72. The van der Waals surface area contributed by atoms with E-state index in [1.807, 2.05) is 0 Å². The molecule has 4 atom stereocenters. The number of fused-ring (bicyclic) bond motifs is 4. The van der Waals surface area contributed by atoms with E-state index in [1.54, 1.807) is 11.8 Å². The van der Waals surface area contributed by atoms with Crippen LogP contribution in [0.1, 0.15) is 67.2 Å². The van der Waals surface area contributed by atoms with Crippen molar-refractivity contribution in [1.82, 2.24) is 0 Å². The number of Topliss-reactive ketones (excluding diaryl/α,β-unsaturated/α-hetero) is 2. The first kappa shape index (κ1) is 17.6. The van der Waals surface area contributed by atoms with Gasteiger partial charge in [0.05, 0.1) is 0 Å². The minimum atomic E-state index is -0.199. The Kier molecular flexibility index (Phi) is 3.45. The second-order valence-electron chi connectivity index (χ2n) is 10.2. The van der Waals surface area contributed by atoms with Gasteiger partial charge in [-0.15, -0.1) is 11.8 Å². The Morgan fingerprint density at radius 2 is 1.12 bits per heavy atom. The van der Waals surface area contributed by atoms with Gasteiger partial charge in [0.25, 0.3) is 0 Å². The molecule has 0 aromatic carbocycles. The largest absolute Gasteiger partial charge is 0.294 e. The van der Waals surface area contributed by atoms with Crippen LogP contribution in [0.25, 0.3) is 0 Å². The van der Waals surface area contributed by atoms with Crippen LogP contribution in [0, 0.1) is 33.5 Å². The lowest BCUT2D eigenvalue weighted by Gasteiger charge is -2.31. The lowest BCUT2D eigenvalue weighted by molar-refractivity contribution is -0.126. The minimum absolute atomic E-state index is 0.0569. The van der Waals surface area contributed by atoms with Crippen molar-refractivity contribution in [3.63, 3.8) is 0 Å². The van der Waals surface area contributed by atoms with Crippen LogP contribution >= 0.6 is 11.8 Å². The molecule has 4 bridgehead atoms. The number of ketones is 2. The zero-order valence-corrected chi connectivity index (χ0v) is 17.2. The van der Waals surface area contributed by atoms with Crippen LogP contribution in [0.5, 0.6) is 0 Å². The molecule has 0 aromatic heterocycles. The molecule has 4 saturated carbocycles. The molecular formula is C22H30O2S. The van der Waals surface area contributed by atoms with E-state index < -0.39 is 0 Å². The van der Waals surface area contributed by atoms with Crippen LogP contribution in [0.2, 0.25) is 0 Å². The molecule has 0 aliphatic heterocycles. The third kappa shape index (κ3) is 1.84. The molecule has 0 heterocycles. The summed E-state index contributed by atoms with van der Waals surface area (Å²) in [4.78, 5) is 25.8. The Morgan fingerprint density at radius 1 is 0.760 bits per heavy atom. The molecule has 136 valence electrons. The fourth-order valence-electron chi connectivity index (χ4n) is 6.31. The summed E-state index contributed by atoms with van der Waals surface area (Å²) in [6, 6.07) is 0. The molecule has 0 saturated heterocycles. The van der Waals surface area contributed by atoms with Gasteiger partial charge in [0.2, 0.25) is 0 Å². The van der Waals surface area contributed by atoms with E-state index in [-0.39, 0.29) is 21.7 Å². The van der Waals surface area contributed by atoms with Gasteiger partial charge in [-0.2, -0.15) is 0 Å². The molecule has 0 aromatic rings. The van der Waals surface area contributed by atoms with E-state index in [0.717, 1.165) is 36.8 Å². The number of hydrogen-bond donors (Lipinski definition) is 0. The highest BCUT2D eigenvalue weighted by atomic mass is 32.2. The van der Waals surface area contributed by atoms with Crippen molar-refractivity contribution in [3.8, 4) is 0 Å². The average Bonchev–Trinajstić information content (AvgIpc) is 3.01. The number of rotatable bonds is 2. The Balaban J connectivity index is 1.60. The van der Waals surface area contributed by atoms with Crippen molar-refractivity contribution < 1.29 is 9.59 Å². The molecule has 0 amide bonds. The van der Waals surface area contributed by atoms with Gasteiger partial charge in [0, 0.05) is 22.0 Å². The summed E-state index contributed by atoms with van der Waals surface area (Å²) < 4.78 is 0. The monoisotopic (exact) mass is 358 g/mol. The fourth-order valence-corrected chi connectivity index (χ4v) is 7.21. The van der Waals surface area contributed by atoms with Gasteiger partial charge in [0.1, 0.15) is 0 Å². The summed E-state index contributed by atoms with van der Waals surface area (Å²) in [5.74, 6) is 1.43. The smallest absolute Gasteiger partial charge is 0.166 e. The molecule has 25 heavy (non-hydrogen) atoms. The summed E-state index contributed by atoms with van der Waals surface area (Å²) in [6.07, 6.45) is 4.26. The lowest BCUT2D eigenvalue weighted by Crippen LogP contribution is -2.32. The quantitative estimate of drug-likeness (QED) is 0.608. The Bertz CT molecular complexity index is 679. The summed E-state index contributed by atoms with van der Waals surface area (Å²) in [5, 5.41) is 4.11. The van der Waals surface area contributed by atoms with E-state index in [9.17, 15) is 9.59 Å². The van der Waals surface area contributed by atoms with Crippen molar-refractivity contribution in [1.29, 1.82) is 0 Å². The van der Waals surface area contributed by atoms with Crippen LogP contribution in [-0.2, 0) is 9.59 Å². The van der Waals surface area contributed by atoms with E-state index in [2.05, 4.69) is 52.4 Å². The first-order valence-electron chi connectivity index (χ1n) is 9.64. The Hall–Kier alpha value is -0.830. The van der Waals surface area contributed by atoms with Crippen LogP contribution in [0.15, 0.2) is 22.0 Å². The van der Waals surface area contributed by atoms with Crippen LogP contribution < -0.4 is 0 Å². The van der Waals surface area contributed by atoms with Crippen LogP contribution in [-0.4, -0.2) is 11.6 Å². The third-order valence-corrected chi connectivity index (χ3v) is 9.90. The van der Waals surface area contributed by atoms with Gasteiger partial charge in [-0.3, -0.25) is 9.59 Å². The minimum Gasteiger partial charge on any atom is -0.294 e. The molecule has 0 radical (unpaired) electrons. The number of hydrogen-bond acceptors (Lipinski definition) is 3. The number of carbonyl (C=O) groups excluding carboxylic acids is 2. The molecule has 4 unspecified atom stereocenters. The first-order chi connectivity index (χ1) is 11.5. The highest BCUT2D eigenvalue weighted by Gasteiger charge is 2.65. The van der Waals surface area contributed by atoms with Crippen molar-refractivity contribution in [3.05, 3.63) is 22.0 Å². The molecule has 4 fully saturated rings.